The van der Waals surface area contributed by atoms with Gasteiger partial charge in [0, 0.05) is 38.8 Å². The van der Waals surface area contributed by atoms with Gasteiger partial charge in [0.25, 0.3) is 0 Å². The highest BCUT2D eigenvalue weighted by Crippen LogP contribution is 2.18. The first-order chi connectivity index (χ1) is 11.6. The maximum absolute atomic E-state index is 9.68. The van der Waals surface area contributed by atoms with Crippen molar-refractivity contribution in [2.45, 2.75) is 45.9 Å². The Kier molecular flexibility index (Phi) is 5.43. The highest BCUT2D eigenvalue weighted by atomic mass is 16.3. The summed E-state index contributed by atoms with van der Waals surface area (Å²) in [4.78, 5) is 14.4. The largest absolute Gasteiger partial charge is 0.392 e. The average molecular weight is 328 g/mol. The van der Waals surface area contributed by atoms with E-state index < -0.39 is 0 Å². The van der Waals surface area contributed by atoms with Gasteiger partial charge in [-0.25, -0.2) is 9.97 Å². The highest BCUT2D eigenvalue weighted by molar-refractivity contribution is 5.74. The SMILES string of the molecule is CC[C@@H]1CN(Cc2nc3ccccc3nc2C)CCN1C[C@H](C)O. The van der Waals surface area contributed by atoms with Crippen LogP contribution in [0, 0.1) is 6.92 Å². The Bertz CT molecular complexity index is 688. The quantitative estimate of drug-likeness (QED) is 0.912. The van der Waals surface area contributed by atoms with Crippen molar-refractivity contribution in [1.82, 2.24) is 19.8 Å². The zero-order chi connectivity index (χ0) is 17.1. The van der Waals surface area contributed by atoms with Gasteiger partial charge in [-0.15, -0.1) is 0 Å². The van der Waals surface area contributed by atoms with Crippen LogP contribution in [0.15, 0.2) is 24.3 Å². The van der Waals surface area contributed by atoms with Crippen LogP contribution >= 0.6 is 0 Å². The number of hydrogen-bond donors (Lipinski definition) is 1. The lowest BCUT2D eigenvalue weighted by molar-refractivity contribution is 0.0333. The molecule has 0 bridgehead atoms. The zero-order valence-corrected chi connectivity index (χ0v) is 14.9. The van der Waals surface area contributed by atoms with E-state index in [4.69, 9.17) is 9.97 Å². The summed E-state index contributed by atoms with van der Waals surface area (Å²) in [5, 5.41) is 9.68. The van der Waals surface area contributed by atoms with E-state index in [2.05, 4.69) is 23.6 Å². The fraction of sp³-hybridized carbons (Fsp3) is 0.579. The van der Waals surface area contributed by atoms with Gasteiger partial charge in [0.15, 0.2) is 0 Å². The van der Waals surface area contributed by atoms with E-state index in [9.17, 15) is 5.11 Å². The summed E-state index contributed by atoms with van der Waals surface area (Å²) < 4.78 is 0. The van der Waals surface area contributed by atoms with Crippen molar-refractivity contribution < 1.29 is 5.11 Å². The first-order valence-corrected chi connectivity index (χ1v) is 8.93. The van der Waals surface area contributed by atoms with E-state index in [0.29, 0.717) is 6.04 Å². The van der Waals surface area contributed by atoms with Crippen molar-refractivity contribution >= 4 is 11.0 Å². The third-order valence-corrected chi connectivity index (χ3v) is 4.88. The summed E-state index contributed by atoms with van der Waals surface area (Å²) in [5.74, 6) is 0. The number of aliphatic hydroxyl groups is 1. The Hall–Kier alpha value is -1.56. The second-order valence-electron chi connectivity index (χ2n) is 6.89. The molecular weight excluding hydrogens is 300 g/mol. The van der Waals surface area contributed by atoms with Crippen LogP contribution in [0.25, 0.3) is 11.0 Å². The third kappa shape index (κ3) is 3.91. The van der Waals surface area contributed by atoms with Crippen LogP contribution in [0.3, 0.4) is 0 Å². The lowest BCUT2D eigenvalue weighted by Gasteiger charge is -2.41. The van der Waals surface area contributed by atoms with Gasteiger partial charge in [0.05, 0.1) is 28.5 Å². The topological polar surface area (TPSA) is 52.5 Å². The van der Waals surface area contributed by atoms with Gasteiger partial charge in [-0.3, -0.25) is 9.80 Å². The van der Waals surface area contributed by atoms with Gasteiger partial charge in [-0.05, 0) is 32.4 Å². The van der Waals surface area contributed by atoms with Crippen LogP contribution in [0.1, 0.15) is 31.7 Å². The number of benzene rings is 1. The number of hydrogen-bond acceptors (Lipinski definition) is 5. The molecule has 1 fully saturated rings. The predicted molar refractivity (Wildman–Crippen MR) is 96.9 cm³/mol. The second-order valence-corrected chi connectivity index (χ2v) is 6.89. The Morgan fingerprint density at radius 1 is 1.21 bits per heavy atom. The summed E-state index contributed by atoms with van der Waals surface area (Å²) >= 11 is 0. The number of aliphatic hydroxyl groups excluding tert-OH is 1. The lowest BCUT2D eigenvalue weighted by atomic mass is 10.1. The zero-order valence-electron chi connectivity index (χ0n) is 14.9. The fourth-order valence-electron chi connectivity index (χ4n) is 3.55. The van der Waals surface area contributed by atoms with Crippen LogP contribution < -0.4 is 0 Å². The summed E-state index contributed by atoms with van der Waals surface area (Å²) in [7, 11) is 0. The second kappa shape index (κ2) is 7.55. The number of fused-ring (bicyclic) bond motifs is 1. The molecule has 1 aromatic heterocycles. The van der Waals surface area contributed by atoms with Crippen molar-refractivity contribution in [3.63, 3.8) is 0 Å². The van der Waals surface area contributed by atoms with E-state index in [1.807, 2.05) is 31.2 Å². The van der Waals surface area contributed by atoms with E-state index >= 15 is 0 Å². The molecule has 3 rings (SSSR count). The number of aromatic nitrogens is 2. The summed E-state index contributed by atoms with van der Waals surface area (Å²) in [5.41, 5.74) is 4.03. The molecule has 1 N–H and O–H groups in total. The van der Waals surface area contributed by atoms with E-state index in [-0.39, 0.29) is 6.10 Å². The number of aryl methyl sites for hydroxylation is 1. The van der Waals surface area contributed by atoms with Gasteiger partial charge in [0.1, 0.15) is 0 Å². The molecule has 1 saturated heterocycles. The van der Waals surface area contributed by atoms with Crippen LogP contribution in [0.2, 0.25) is 0 Å². The lowest BCUT2D eigenvalue weighted by Crippen LogP contribution is -2.54. The van der Waals surface area contributed by atoms with Crippen molar-refractivity contribution in [2.24, 2.45) is 0 Å². The first kappa shape index (κ1) is 17.3. The van der Waals surface area contributed by atoms with E-state index in [1.165, 1.54) is 0 Å². The molecule has 2 heterocycles. The molecule has 0 saturated carbocycles. The molecule has 5 heteroatoms. The molecule has 0 radical (unpaired) electrons. The minimum atomic E-state index is -0.265. The molecule has 5 nitrogen and oxygen atoms in total. The number of para-hydroxylation sites is 2. The predicted octanol–water partition coefficient (Wildman–Crippen LogP) is 2.22. The third-order valence-electron chi connectivity index (χ3n) is 4.88. The molecule has 0 aliphatic carbocycles. The number of rotatable bonds is 5. The van der Waals surface area contributed by atoms with Crippen LogP contribution in [0.5, 0.6) is 0 Å². The summed E-state index contributed by atoms with van der Waals surface area (Å²) in [6, 6.07) is 8.56. The monoisotopic (exact) mass is 328 g/mol. The maximum Gasteiger partial charge on any atom is 0.0890 e. The normalized spacial score (nSPS) is 21.2. The molecule has 1 aliphatic heterocycles. The number of nitrogens with zero attached hydrogens (tertiary/aromatic N) is 4. The van der Waals surface area contributed by atoms with Gasteiger partial charge in [-0.1, -0.05) is 19.1 Å². The van der Waals surface area contributed by atoms with Gasteiger partial charge in [-0.2, -0.15) is 0 Å². The standard InChI is InChI=1S/C19H28N4O/c1-4-16-12-22(9-10-23(16)11-14(2)24)13-19-15(3)20-17-7-5-6-8-18(17)21-19/h5-8,14,16,24H,4,9-13H2,1-3H3/t14-,16+/m0/s1. The molecule has 24 heavy (non-hydrogen) atoms. The number of β-amino-alcohol motifs (C(OH)–C–C–N with tert-alkyl or cyclic N) is 1. The highest BCUT2D eigenvalue weighted by Gasteiger charge is 2.26. The Morgan fingerprint density at radius 3 is 2.58 bits per heavy atom. The summed E-state index contributed by atoms with van der Waals surface area (Å²) in [6.45, 7) is 10.8. The minimum absolute atomic E-state index is 0.265. The molecular formula is C19H28N4O. The minimum Gasteiger partial charge on any atom is -0.392 e. The van der Waals surface area contributed by atoms with Crippen molar-refractivity contribution in [3.8, 4) is 0 Å². The summed E-state index contributed by atoms with van der Waals surface area (Å²) in [6.07, 6.45) is 0.838. The van der Waals surface area contributed by atoms with Crippen LogP contribution in [-0.4, -0.2) is 63.2 Å². The Morgan fingerprint density at radius 2 is 1.92 bits per heavy atom. The van der Waals surface area contributed by atoms with Gasteiger partial charge < -0.3 is 5.11 Å². The van der Waals surface area contributed by atoms with E-state index in [0.717, 1.165) is 61.6 Å². The van der Waals surface area contributed by atoms with Crippen LogP contribution in [0.4, 0.5) is 0 Å². The molecule has 2 atom stereocenters. The van der Waals surface area contributed by atoms with Gasteiger partial charge in [0.2, 0.25) is 0 Å². The molecule has 2 aromatic rings. The smallest absolute Gasteiger partial charge is 0.0890 e. The van der Waals surface area contributed by atoms with Crippen molar-refractivity contribution in [3.05, 3.63) is 35.7 Å². The first-order valence-electron chi connectivity index (χ1n) is 8.93. The molecule has 130 valence electrons. The van der Waals surface area contributed by atoms with Gasteiger partial charge >= 0.3 is 0 Å². The van der Waals surface area contributed by atoms with Crippen LogP contribution in [-0.2, 0) is 6.54 Å². The average Bonchev–Trinajstić information content (AvgIpc) is 2.56. The Labute approximate surface area is 144 Å². The number of piperazine rings is 1. The van der Waals surface area contributed by atoms with Crippen molar-refractivity contribution in [2.75, 3.05) is 26.2 Å². The molecule has 0 amide bonds. The van der Waals surface area contributed by atoms with E-state index in [1.54, 1.807) is 0 Å². The Balaban J connectivity index is 1.71. The maximum atomic E-state index is 9.68. The molecule has 1 aromatic carbocycles. The van der Waals surface area contributed by atoms with Crippen molar-refractivity contribution in [1.29, 1.82) is 0 Å². The molecule has 0 unspecified atom stereocenters. The molecule has 1 aliphatic rings. The fourth-order valence-corrected chi connectivity index (χ4v) is 3.55. The molecule has 0 spiro atoms.